The maximum absolute atomic E-state index is 6.68. The minimum atomic E-state index is -1.39. The minimum Gasteiger partial charge on any atom is -0.496 e. The molecule has 1 aromatic rings. The first-order valence-corrected chi connectivity index (χ1v) is 12.6. The Bertz CT molecular complexity index is 638. The molecule has 2 bridgehead atoms. The smallest absolute Gasteiger partial charge is 0.129 e. The standard InChI is InChI=1S/C20H27ClOSi/c1-22-19-13-16(7-8-23(2,3)4)12-18(21)20(19)17-10-14-5-6-15(9-14)11-17/h12-15,17H,5-6,9-11H2,1-4H3. The average molecular weight is 347 g/mol. The summed E-state index contributed by atoms with van der Waals surface area (Å²) in [7, 11) is 0.366. The van der Waals surface area contributed by atoms with E-state index in [1.807, 2.05) is 6.07 Å². The zero-order valence-electron chi connectivity index (χ0n) is 14.7. The predicted molar refractivity (Wildman–Crippen MR) is 101 cm³/mol. The van der Waals surface area contributed by atoms with Gasteiger partial charge in [0.05, 0.1) is 7.11 Å². The van der Waals surface area contributed by atoms with Crippen LogP contribution in [0.25, 0.3) is 0 Å². The van der Waals surface area contributed by atoms with E-state index in [2.05, 4.69) is 37.2 Å². The average Bonchev–Trinajstić information content (AvgIpc) is 2.82. The lowest BCUT2D eigenvalue weighted by atomic mass is 9.77. The van der Waals surface area contributed by atoms with Gasteiger partial charge in [-0.15, -0.1) is 5.54 Å². The molecule has 2 fully saturated rings. The lowest BCUT2D eigenvalue weighted by molar-refractivity contribution is 0.311. The molecule has 0 radical (unpaired) electrons. The van der Waals surface area contributed by atoms with Crippen LogP contribution in [0.3, 0.4) is 0 Å². The summed E-state index contributed by atoms with van der Waals surface area (Å²) in [5.74, 6) is 6.59. The summed E-state index contributed by atoms with van der Waals surface area (Å²) in [5, 5.41) is 0.843. The second-order valence-corrected chi connectivity index (χ2v) is 13.4. The van der Waals surface area contributed by atoms with Gasteiger partial charge < -0.3 is 4.74 Å². The van der Waals surface area contributed by atoms with Crippen molar-refractivity contribution >= 4 is 19.7 Å². The third-order valence-electron chi connectivity index (χ3n) is 5.19. The van der Waals surface area contributed by atoms with Crippen molar-refractivity contribution in [1.82, 2.24) is 0 Å². The topological polar surface area (TPSA) is 9.23 Å². The highest BCUT2D eigenvalue weighted by atomic mass is 35.5. The molecule has 2 unspecified atom stereocenters. The molecule has 0 heterocycles. The lowest BCUT2D eigenvalue weighted by Gasteiger charge is -2.29. The van der Waals surface area contributed by atoms with Crippen molar-refractivity contribution in [3.05, 3.63) is 28.3 Å². The Hall–Kier alpha value is -0.913. The largest absolute Gasteiger partial charge is 0.496 e. The number of benzene rings is 1. The molecule has 3 rings (SSSR count). The molecule has 2 atom stereocenters. The number of methoxy groups -OCH3 is 1. The van der Waals surface area contributed by atoms with Crippen LogP contribution in [0, 0.1) is 23.3 Å². The molecule has 0 aromatic heterocycles. The van der Waals surface area contributed by atoms with E-state index < -0.39 is 8.07 Å². The number of fused-ring (bicyclic) bond motifs is 2. The fourth-order valence-electron chi connectivity index (χ4n) is 4.23. The quantitative estimate of drug-likeness (QED) is 0.480. The Balaban J connectivity index is 1.93. The second kappa shape index (κ2) is 6.53. The van der Waals surface area contributed by atoms with Crippen LogP contribution in [0.4, 0.5) is 0 Å². The summed E-state index contributed by atoms with van der Waals surface area (Å²) in [6.07, 6.45) is 6.77. The fourth-order valence-corrected chi connectivity index (χ4v) is 5.12. The highest BCUT2D eigenvalue weighted by Crippen LogP contribution is 2.51. The Labute approximate surface area is 146 Å². The van der Waals surface area contributed by atoms with Crippen molar-refractivity contribution in [1.29, 1.82) is 0 Å². The molecule has 2 saturated carbocycles. The Morgan fingerprint density at radius 3 is 2.30 bits per heavy atom. The molecule has 0 saturated heterocycles. The number of ether oxygens (including phenoxy) is 1. The van der Waals surface area contributed by atoms with Crippen LogP contribution >= 0.6 is 11.6 Å². The molecule has 0 N–H and O–H groups in total. The first kappa shape index (κ1) is 16.9. The van der Waals surface area contributed by atoms with E-state index in [4.69, 9.17) is 16.3 Å². The maximum Gasteiger partial charge on any atom is 0.129 e. The van der Waals surface area contributed by atoms with Gasteiger partial charge in [-0.2, -0.15) is 0 Å². The minimum absolute atomic E-state index is 0.558. The van der Waals surface area contributed by atoms with E-state index in [0.717, 1.165) is 28.2 Å². The van der Waals surface area contributed by atoms with Gasteiger partial charge in [0.15, 0.2) is 0 Å². The van der Waals surface area contributed by atoms with Gasteiger partial charge in [0, 0.05) is 16.1 Å². The van der Waals surface area contributed by atoms with Crippen LogP contribution in [-0.2, 0) is 0 Å². The fraction of sp³-hybridized carbons (Fsp3) is 0.600. The Morgan fingerprint density at radius 1 is 1.09 bits per heavy atom. The van der Waals surface area contributed by atoms with Gasteiger partial charge in [0.25, 0.3) is 0 Å². The highest BCUT2D eigenvalue weighted by molar-refractivity contribution is 6.83. The van der Waals surface area contributed by atoms with Gasteiger partial charge in [-0.05, 0) is 49.1 Å². The molecule has 2 aliphatic rings. The van der Waals surface area contributed by atoms with Gasteiger partial charge in [0.1, 0.15) is 13.8 Å². The number of hydrogen-bond donors (Lipinski definition) is 0. The molecule has 0 amide bonds. The molecule has 2 aliphatic carbocycles. The van der Waals surface area contributed by atoms with E-state index in [-0.39, 0.29) is 0 Å². The van der Waals surface area contributed by atoms with Crippen molar-refractivity contribution in [2.75, 3.05) is 7.11 Å². The Kier molecular flexibility index (Phi) is 4.81. The molecule has 1 nitrogen and oxygen atoms in total. The van der Waals surface area contributed by atoms with E-state index in [1.165, 1.54) is 37.7 Å². The predicted octanol–water partition coefficient (Wildman–Crippen LogP) is 5.87. The monoisotopic (exact) mass is 346 g/mol. The molecular formula is C20H27ClOSi. The van der Waals surface area contributed by atoms with Gasteiger partial charge in [-0.3, -0.25) is 0 Å². The molecule has 1 aromatic carbocycles. The Morgan fingerprint density at radius 2 is 1.74 bits per heavy atom. The molecule has 23 heavy (non-hydrogen) atoms. The van der Waals surface area contributed by atoms with Crippen molar-refractivity contribution in [3.8, 4) is 17.2 Å². The van der Waals surface area contributed by atoms with E-state index >= 15 is 0 Å². The summed E-state index contributed by atoms with van der Waals surface area (Å²) in [6.45, 7) is 6.76. The van der Waals surface area contributed by atoms with Gasteiger partial charge >= 0.3 is 0 Å². The third kappa shape index (κ3) is 3.95. The first-order chi connectivity index (χ1) is 10.9. The van der Waals surface area contributed by atoms with Gasteiger partial charge in [-0.1, -0.05) is 50.0 Å². The zero-order chi connectivity index (χ0) is 16.6. The SMILES string of the molecule is COc1cc(C#C[Si](C)(C)C)cc(Cl)c1C1CC2CCC(C2)C1. The summed E-state index contributed by atoms with van der Waals surface area (Å²) >= 11 is 6.68. The summed E-state index contributed by atoms with van der Waals surface area (Å²) in [6, 6.07) is 4.13. The van der Waals surface area contributed by atoms with E-state index in [0.29, 0.717) is 5.92 Å². The van der Waals surface area contributed by atoms with E-state index in [9.17, 15) is 0 Å². The molecule has 0 spiro atoms. The number of halogens is 1. The molecular weight excluding hydrogens is 320 g/mol. The van der Waals surface area contributed by atoms with Crippen LogP contribution < -0.4 is 4.74 Å². The lowest BCUT2D eigenvalue weighted by Crippen LogP contribution is -2.16. The van der Waals surface area contributed by atoms with Crippen LogP contribution in [0.5, 0.6) is 5.75 Å². The summed E-state index contributed by atoms with van der Waals surface area (Å²) in [5.41, 5.74) is 5.62. The van der Waals surface area contributed by atoms with Crippen LogP contribution in [0.2, 0.25) is 24.7 Å². The molecule has 3 heteroatoms. The molecule has 0 aliphatic heterocycles. The number of hydrogen-bond acceptors (Lipinski definition) is 1. The third-order valence-corrected chi connectivity index (χ3v) is 6.37. The van der Waals surface area contributed by atoms with Crippen molar-refractivity contribution in [2.45, 2.75) is 57.7 Å². The van der Waals surface area contributed by atoms with Crippen molar-refractivity contribution in [3.63, 3.8) is 0 Å². The van der Waals surface area contributed by atoms with Crippen LogP contribution in [-0.4, -0.2) is 15.2 Å². The summed E-state index contributed by atoms with van der Waals surface area (Å²) in [4.78, 5) is 0. The van der Waals surface area contributed by atoms with Crippen molar-refractivity contribution < 1.29 is 4.74 Å². The second-order valence-electron chi connectivity index (χ2n) is 8.29. The highest BCUT2D eigenvalue weighted by Gasteiger charge is 2.36. The zero-order valence-corrected chi connectivity index (χ0v) is 16.5. The van der Waals surface area contributed by atoms with Crippen LogP contribution in [0.15, 0.2) is 12.1 Å². The van der Waals surface area contributed by atoms with Gasteiger partial charge in [-0.25, -0.2) is 0 Å². The van der Waals surface area contributed by atoms with Crippen LogP contribution in [0.1, 0.15) is 49.1 Å². The van der Waals surface area contributed by atoms with Crippen molar-refractivity contribution in [2.24, 2.45) is 11.8 Å². The maximum atomic E-state index is 6.68. The number of rotatable bonds is 2. The normalized spacial score (nSPS) is 26.6. The summed E-state index contributed by atoms with van der Waals surface area (Å²) < 4.78 is 5.70. The van der Waals surface area contributed by atoms with E-state index in [1.54, 1.807) is 7.11 Å². The van der Waals surface area contributed by atoms with Gasteiger partial charge in [0.2, 0.25) is 0 Å². The molecule has 124 valence electrons. The first-order valence-electron chi connectivity index (χ1n) is 8.76.